The molecule has 0 aliphatic carbocycles. The number of carbonyl (C=O) groups excluding carboxylic acids is 1. The number of hydrogen-bond acceptors (Lipinski definition) is 3. The van der Waals surface area contributed by atoms with Gasteiger partial charge < -0.3 is 10.4 Å². The number of phenols is 1. The van der Waals surface area contributed by atoms with Crippen LogP contribution in [0, 0.1) is 0 Å². The maximum atomic E-state index is 11.6. The molecular formula is C11H14ClNO3S. The summed E-state index contributed by atoms with van der Waals surface area (Å²) in [4.78, 5) is 11.6. The third-order valence-corrected chi connectivity index (χ3v) is 3.68. The molecule has 17 heavy (non-hydrogen) atoms. The van der Waals surface area contributed by atoms with Crippen LogP contribution in [0.1, 0.15) is 17.3 Å². The molecule has 0 aliphatic rings. The van der Waals surface area contributed by atoms with Gasteiger partial charge in [-0.15, -0.1) is 0 Å². The molecule has 0 heterocycles. The Balaban J connectivity index is 2.55. The van der Waals surface area contributed by atoms with Crippen molar-refractivity contribution >= 4 is 28.3 Å². The number of aromatic hydroxyl groups is 1. The first-order chi connectivity index (χ1) is 8.04. The van der Waals surface area contributed by atoms with E-state index in [1.54, 1.807) is 0 Å². The first-order valence-electron chi connectivity index (χ1n) is 5.16. The van der Waals surface area contributed by atoms with Gasteiger partial charge in [0, 0.05) is 33.9 Å². The van der Waals surface area contributed by atoms with Gasteiger partial charge in [-0.2, -0.15) is 0 Å². The van der Waals surface area contributed by atoms with Gasteiger partial charge in [-0.3, -0.25) is 9.00 Å². The second kappa shape index (κ2) is 6.61. The van der Waals surface area contributed by atoms with Crippen molar-refractivity contribution < 1.29 is 14.1 Å². The molecule has 0 bridgehead atoms. The van der Waals surface area contributed by atoms with Gasteiger partial charge >= 0.3 is 0 Å². The van der Waals surface area contributed by atoms with Gasteiger partial charge in [0.05, 0.1) is 5.56 Å². The number of hydrogen-bond donors (Lipinski definition) is 2. The zero-order valence-electron chi connectivity index (χ0n) is 9.40. The third kappa shape index (κ3) is 4.36. The van der Waals surface area contributed by atoms with Crippen molar-refractivity contribution in [3.8, 4) is 5.75 Å². The van der Waals surface area contributed by atoms with Gasteiger partial charge in [0.2, 0.25) is 0 Å². The molecule has 2 N–H and O–H groups in total. The van der Waals surface area contributed by atoms with Gasteiger partial charge in [-0.25, -0.2) is 0 Å². The average molecular weight is 276 g/mol. The Labute approximate surface area is 107 Å². The standard InChI is InChI=1S/C11H14ClNO3S/c1-2-17(16)6-5-13-11(15)9-4-3-8(12)7-10(9)14/h3-4,7,14H,2,5-6H2,1H3,(H,13,15). The van der Waals surface area contributed by atoms with Crippen molar-refractivity contribution in [2.75, 3.05) is 18.1 Å². The number of carbonyl (C=O) groups is 1. The van der Waals surface area contributed by atoms with Gasteiger partial charge in [-0.1, -0.05) is 18.5 Å². The molecular weight excluding hydrogens is 262 g/mol. The highest BCUT2D eigenvalue weighted by molar-refractivity contribution is 7.84. The van der Waals surface area contributed by atoms with E-state index in [4.69, 9.17) is 11.6 Å². The van der Waals surface area contributed by atoms with E-state index in [0.717, 1.165) is 0 Å². The van der Waals surface area contributed by atoms with E-state index in [9.17, 15) is 14.1 Å². The van der Waals surface area contributed by atoms with E-state index in [1.807, 2.05) is 6.92 Å². The molecule has 0 aliphatic heterocycles. The molecule has 0 saturated heterocycles. The highest BCUT2D eigenvalue weighted by Crippen LogP contribution is 2.21. The first kappa shape index (κ1) is 14.0. The summed E-state index contributed by atoms with van der Waals surface area (Å²) in [5.74, 6) is 0.428. The lowest BCUT2D eigenvalue weighted by Crippen LogP contribution is -2.28. The summed E-state index contributed by atoms with van der Waals surface area (Å²) in [5, 5.41) is 12.5. The Hall–Kier alpha value is -1.07. The first-order valence-corrected chi connectivity index (χ1v) is 7.03. The smallest absolute Gasteiger partial charge is 0.255 e. The largest absolute Gasteiger partial charge is 0.507 e. The molecule has 1 aromatic carbocycles. The predicted octanol–water partition coefficient (Wildman–Crippen LogP) is 1.54. The minimum absolute atomic E-state index is 0.161. The van der Waals surface area contributed by atoms with Crippen LogP contribution in [0.3, 0.4) is 0 Å². The zero-order valence-corrected chi connectivity index (χ0v) is 11.0. The van der Waals surface area contributed by atoms with Crippen LogP contribution >= 0.6 is 11.6 Å². The molecule has 1 rings (SSSR count). The Morgan fingerprint density at radius 2 is 2.24 bits per heavy atom. The molecule has 1 amide bonds. The molecule has 0 radical (unpaired) electrons. The second-order valence-electron chi connectivity index (χ2n) is 3.35. The van der Waals surface area contributed by atoms with Crippen molar-refractivity contribution in [2.24, 2.45) is 0 Å². The number of benzene rings is 1. The Morgan fingerprint density at radius 1 is 1.53 bits per heavy atom. The SMILES string of the molecule is CCS(=O)CCNC(=O)c1ccc(Cl)cc1O. The van der Waals surface area contributed by atoms with Crippen molar-refractivity contribution in [1.29, 1.82) is 0 Å². The van der Waals surface area contributed by atoms with Crippen LogP contribution in [0.4, 0.5) is 0 Å². The molecule has 4 nitrogen and oxygen atoms in total. The molecule has 1 aromatic rings. The monoisotopic (exact) mass is 275 g/mol. The highest BCUT2D eigenvalue weighted by Gasteiger charge is 2.10. The van der Waals surface area contributed by atoms with E-state index in [1.165, 1.54) is 18.2 Å². The molecule has 1 atom stereocenters. The second-order valence-corrected chi connectivity index (χ2v) is 5.65. The van der Waals surface area contributed by atoms with Crippen molar-refractivity contribution in [3.05, 3.63) is 28.8 Å². The van der Waals surface area contributed by atoms with Crippen LogP contribution in [0.5, 0.6) is 5.75 Å². The number of rotatable bonds is 5. The summed E-state index contributed by atoms with van der Waals surface area (Å²) in [6.07, 6.45) is 0. The van der Waals surface area contributed by atoms with Gasteiger partial charge in [-0.05, 0) is 18.2 Å². The van der Waals surface area contributed by atoms with E-state index in [-0.39, 0.29) is 11.3 Å². The molecule has 0 aromatic heterocycles. The lowest BCUT2D eigenvalue weighted by atomic mass is 10.2. The predicted molar refractivity (Wildman–Crippen MR) is 69.0 cm³/mol. The molecule has 0 spiro atoms. The Morgan fingerprint density at radius 3 is 2.82 bits per heavy atom. The summed E-state index contributed by atoms with van der Waals surface area (Å²) in [7, 11) is -0.907. The molecule has 94 valence electrons. The van der Waals surface area contributed by atoms with Crippen LogP contribution in [-0.4, -0.2) is 33.3 Å². The Kier molecular flexibility index (Phi) is 5.44. The minimum Gasteiger partial charge on any atom is -0.507 e. The summed E-state index contributed by atoms with van der Waals surface area (Å²) in [6.45, 7) is 2.14. The quantitative estimate of drug-likeness (QED) is 0.857. The summed E-state index contributed by atoms with van der Waals surface area (Å²) in [5.41, 5.74) is 0.164. The average Bonchev–Trinajstić information content (AvgIpc) is 2.28. The number of amides is 1. The summed E-state index contributed by atoms with van der Waals surface area (Å²) in [6, 6.07) is 4.28. The molecule has 0 fully saturated rings. The van der Waals surface area contributed by atoms with Crippen molar-refractivity contribution in [1.82, 2.24) is 5.32 Å². The van der Waals surface area contributed by atoms with Crippen LogP contribution in [0.2, 0.25) is 5.02 Å². The van der Waals surface area contributed by atoms with E-state index in [2.05, 4.69) is 5.32 Å². The van der Waals surface area contributed by atoms with Gasteiger partial charge in [0.15, 0.2) is 0 Å². The summed E-state index contributed by atoms with van der Waals surface area (Å²) >= 11 is 5.65. The third-order valence-electron chi connectivity index (χ3n) is 2.14. The van der Waals surface area contributed by atoms with E-state index < -0.39 is 16.7 Å². The number of halogens is 1. The lowest BCUT2D eigenvalue weighted by Gasteiger charge is -2.06. The van der Waals surface area contributed by atoms with Crippen LogP contribution in [0.15, 0.2) is 18.2 Å². The molecule has 0 saturated carbocycles. The fourth-order valence-electron chi connectivity index (χ4n) is 1.21. The van der Waals surface area contributed by atoms with E-state index in [0.29, 0.717) is 23.1 Å². The van der Waals surface area contributed by atoms with E-state index >= 15 is 0 Å². The normalized spacial score (nSPS) is 12.1. The number of phenolic OH excluding ortho intramolecular Hbond substituents is 1. The van der Waals surface area contributed by atoms with Gasteiger partial charge in [0.1, 0.15) is 5.75 Å². The lowest BCUT2D eigenvalue weighted by molar-refractivity contribution is 0.0953. The fraction of sp³-hybridized carbons (Fsp3) is 0.364. The topological polar surface area (TPSA) is 66.4 Å². The maximum absolute atomic E-state index is 11.6. The maximum Gasteiger partial charge on any atom is 0.255 e. The summed E-state index contributed by atoms with van der Waals surface area (Å²) < 4.78 is 11.1. The fourth-order valence-corrected chi connectivity index (χ4v) is 2.00. The zero-order chi connectivity index (χ0) is 12.8. The van der Waals surface area contributed by atoms with Crippen LogP contribution < -0.4 is 5.32 Å². The van der Waals surface area contributed by atoms with Crippen molar-refractivity contribution in [3.63, 3.8) is 0 Å². The molecule has 1 unspecified atom stereocenters. The number of nitrogens with one attached hydrogen (secondary N) is 1. The van der Waals surface area contributed by atoms with Crippen molar-refractivity contribution in [2.45, 2.75) is 6.92 Å². The highest BCUT2D eigenvalue weighted by atomic mass is 35.5. The van der Waals surface area contributed by atoms with Crippen LogP contribution in [-0.2, 0) is 10.8 Å². The Bertz CT molecular complexity index is 437. The van der Waals surface area contributed by atoms with Crippen LogP contribution in [0.25, 0.3) is 0 Å². The molecule has 6 heteroatoms. The van der Waals surface area contributed by atoms with Gasteiger partial charge in [0.25, 0.3) is 5.91 Å². The minimum atomic E-state index is -0.907.